The third-order valence-electron chi connectivity index (χ3n) is 2.15. The van der Waals surface area contributed by atoms with Gasteiger partial charge in [0.15, 0.2) is 0 Å². The summed E-state index contributed by atoms with van der Waals surface area (Å²) in [5.74, 6) is 0.856. The molecule has 0 radical (unpaired) electrons. The topological polar surface area (TPSA) is 3.24 Å². The zero-order chi connectivity index (χ0) is 10.3. The molecule has 1 unspecified atom stereocenters. The number of thiol groups is 1. The van der Waals surface area contributed by atoms with Crippen LogP contribution in [-0.4, -0.2) is 30.3 Å². The Bertz CT molecular complexity index is 113. The van der Waals surface area contributed by atoms with Crippen LogP contribution in [-0.2, 0) is 0 Å². The fourth-order valence-electron chi connectivity index (χ4n) is 1.48. The van der Waals surface area contributed by atoms with Crippen molar-refractivity contribution < 1.29 is 0 Å². The Kier molecular flexibility index (Phi) is 7.87. The molecule has 0 N–H and O–H groups in total. The van der Waals surface area contributed by atoms with Gasteiger partial charge in [-0.25, -0.2) is 0 Å². The van der Waals surface area contributed by atoms with Crippen molar-refractivity contribution in [1.82, 2.24) is 4.90 Å². The average molecular weight is 203 g/mol. The van der Waals surface area contributed by atoms with E-state index >= 15 is 0 Å². The minimum absolute atomic E-state index is 0.495. The SMILES string of the molecule is CC(C)CCCCN(C)CC(C)S. The van der Waals surface area contributed by atoms with Crippen molar-refractivity contribution in [3.63, 3.8) is 0 Å². The van der Waals surface area contributed by atoms with E-state index in [0.717, 1.165) is 12.5 Å². The molecule has 0 heterocycles. The molecule has 0 aliphatic rings. The van der Waals surface area contributed by atoms with E-state index in [1.54, 1.807) is 0 Å². The summed E-state index contributed by atoms with van der Waals surface area (Å²) in [6.45, 7) is 9.05. The Morgan fingerprint density at radius 3 is 2.23 bits per heavy atom. The molecule has 0 saturated heterocycles. The first-order valence-electron chi connectivity index (χ1n) is 5.39. The quantitative estimate of drug-likeness (QED) is 0.492. The molecule has 0 aromatic carbocycles. The van der Waals surface area contributed by atoms with E-state index in [1.165, 1.54) is 25.8 Å². The van der Waals surface area contributed by atoms with Gasteiger partial charge >= 0.3 is 0 Å². The van der Waals surface area contributed by atoms with E-state index in [4.69, 9.17) is 0 Å². The molecule has 2 heteroatoms. The second-order valence-corrected chi connectivity index (χ2v) is 5.38. The number of nitrogens with zero attached hydrogens (tertiary/aromatic N) is 1. The summed E-state index contributed by atoms with van der Waals surface area (Å²) in [7, 11) is 2.18. The highest BCUT2D eigenvalue weighted by Gasteiger charge is 2.01. The second kappa shape index (κ2) is 7.69. The van der Waals surface area contributed by atoms with E-state index in [0.29, 0.717) is 5.25 Å². The smallest absolute Gasteiger partial charge is 0.0116 e. The molecule has 0 aromatic rings. The molecule has 0 spiro atoms. The van der Waals surface area contributed by atoms with Gasteiger partial charge in [-0.1, -0.05) is 33.6 Å². The standard InChI is InChI=1S/C11H25NS/c1-10(2)7-5-6-8-12(4)9-11(3)13/h10-11,13H,5-9H2,1-4H3. The van der Waals surface area contributed by atoms with E-state index in [2.05, 4.69) is 45.3 Å². The molecule has 0 rings (SSSR count). The van der Waals surface area contributed by atoms with Gasteiger partial charge in [0.1, 0.15) is 0 Å². The van der Waals surface area contributed by atoms with E-state index in [1.807, 2.05) is 0 Å². The summed E-state index contributed by atoms with van der Waals surface area (Å²) in [4.78, 5) is 2.37. The zero-order valence-electron chi connectivity index (χ0n) is 9.58. The summed E-state index contributed by atoms with van der Waals surface area (Å²) in [6.07, 6.45) is 4.06. The summed E-state index contributed by atoms with van der Waals surface area (Å²) in [6, 6.07) is 0. The Hall–Kier alpha value is 0.310. The Balaban J connectivity index is 3.22. The summed E-state index contributed by atoms with van der Waals surface area (Å²) >= 11 is 4.37. The van der Waals surface area contributed by atoms with Gasteiger partial charge in [0, 0.05) is 11.8 Å². The highest BCUT2D eigenvalue weighted by Crippen LogP contribution is 2.07. The molecule has 1 nitrogen and oxygen atoms in total. The molecule has 80 valence electrons. The molecule has 0 bridgehead atoms. The van der Waals surface area contributed by atoms with Crippen LogP contribution in [0, 0.1) is 5.92 Å². The highest BCUT2D eigenvalue weighted by molar-refractivity contribution is 7.80. The van der Waals surface area contributed by atoms with Crippen LogP contribution in [0.3, 0.4) is 0 Å². The lowest BCUT2D eigenvalue weighted by Crippen LogP contribution is -2.25. The van der Waals surface area contributed by atoms with Crippen LogP contribution < -0.4 is 0 Å². The van der Waals surface area contributed by atoms with Crippen LogP contribution in [0.2, 0.25) is 0 Å². The Labute approximate surface area is 89.3 Å². The van der Waals surface area contributed by atoms with Crippen molar-refractivity contribution >= 4 is 12.6 Å². The van der Waals surface area contributed by atoms with E-state index in [-0.39, 0.29) is 0 Å². The lowest BCUT2D eigenvalue weighted by Gasteiger charge is -2.18. The molecule has 0 aromatic heterocycles. The first kappa shape index (κ1) is 13.3. The number of hydrogen-bond donors (Lipinski definition) is 1. The van der Waals surface area contributed by atoms with Gasteiger partial charge in [-0.15, -0.1) is 0 Å². The van der Waals surface area contributed by atoms with Crippen LogP contribution in [0.4, 0.5) is 0 Å². The third kappa shape index (κ3) is 10.2. The zero-order valence-corrected chi connectivity index (χ0v) is 10.5. The maximum atomic E-state index is 4.37. The Morgan fingerprint density at radius 2 is 1.77 bits per heavy atom. The van der Waals surface area contributed by atoms with Gasteiger partial charge in [-0.05, 0) is 25.9 Å². The van der Waals surface area contributed by atoms with Crippen LogP contribution in [0.5, 0.6) is 0 Å². The van der Waals surface area contributed by atoms with Gasteiger partial charge < -0.3 is 4.90 Å². The van der Waals surface area contributed by atoms with Crippen molar-refractivity contribution in [2.75, 3.05) is 20.1 Å². The van der Waals surface area contributed by atoms with Crippen molar-refractivity contribution in [3.05, 3.63) is 0 Å². The lowest BCUT2D eigenvalue weighted by atomic mass is 10.1. The molecular weight excluding hydrogens is 178 g/mol. The largest absolute Gasteiger partial charge is 0.305 e. The summed E-state index contributed by atoms with van der Waals surface area (Å²) < 4.78 is 0. The van der Waals surface area contributed by atoms with Crippen molar-refractivity contribution in [1.29, 1.82) is 0 Å². The molecular formula is C11H25NS. The molecule has 0 saturated carbocycles. The van der Waals surface area contributed by atoms with Crippen LogP contribution in [0.15, 0.2) is 0 Å². The van der Waals surface area contributed by atoms with E-state index < -0.39 is 0 Å². The highest BCUT2D eigenvalue weighted by atomic mass is 32.1. The molecule has 0 aliphatic heterocycles. The normalized spacial score (nSPS) is 14.1. The first-order chi connectivity index (χ1) is 6.02. The van der Waals surface area contributed by atoms with Gasteiger partial charge in [0.05, 0.1) is 0 Å². The maximum absolute atomic E-state index is 4.37. The summed E-state index contributed by atoms with van der Waals surface area (Å²) in [5, 5.41) is 0.495. The maximum Gasteiger partial charge on any atom is 0.0116 e. The fraction of sp³-hybridized carbons (Fsp3) is 1.00. The van der Waals surface area contributed by atoms with Crippen LogP contribution in [0.25, 0.3) is 0 Å². The van der Waals surface area contributed by atoms with Gasteiger partial charge in [0.25, 0.3) is 0 Å². The first-order valence-corrected chi connectivity index (χ1v) is 5.90. The molecule has 0 amide bonds. The van der Waals surface area contributed by atoms with Crippen molar-refractivity contribution in [2.45, 2.75) is 45.3 Å². The molecule has 0 aliphatic carbocycles. The minimum atomic E-state index is 0.495. The molecule has 0 fully saturated rings. The monoisotopic (exact) mass is 203 g/mol. The predicted molar refractivity (Wildman–Crippen MR) is 64.6 cm³/mol. The average Bonchev–Trinajstić information content (AvgIpc) is 1.96. The second-order valence-electron chi connectivity index (χ2n) is 4.50. The van der Waals surface area contributed by atoms with Crippen molar-refractivity contribution in [2.24, 2.45) is 5.92 Å². The Morgan fingerprint density at radius 1 is 1.15 bits per heavy atom. The van der Waals surface area contributed by atoms with E-state index in [9.17, 15) is 0 Å². The summed E-state index contributed by atoms with van der Waals surface area (Å²) in [5.41, 5.74) is 0. The number of rotatable bonds is 7. The van der Waals surface area contributed by atoms with Gasteiger partial charge in [-0.3, -0.25) is 0 Å². The lowest BCUT2D eigenvalue weighted by molar-refractivity contribution is 0.325. The predicted octanol–water partition coefficient (Wildman–Crippen LogP) is 3.06. The van der Waals surface area contributed by atoms with Crippen LogP contribution in [0.1, 0.15) is 40.0 Å². The van der Waals surface area contributed by atoms with Gasteiger partial charge in [0.2, 0.25) is 0 Å². The third-order valence-corrected chi connectivity index (χ3v) is 2.31. The number of unbranched alkanes of at least 4 members (excludes halogenated alkanes) is 1. The van der Waals surface area contributed by atoms with Crippen LogP contribution >= 0.6 is 12.6 Å². The minimum Gasteiger partial charge on any atom is -0.305 e. The molecule has 13 heavy (non-hydrogen) atoms. The fourth-order valence-corrected chi connectivity index (χ4v) is 1.76. The number of hydrogen-bond acceptors (Lipinski definition) is 2. The molecule has 1 atom stereocenters. The van der Waals surface area contributed by atoms with Gasteiger partial charge in [-0.2, -0.15) is 12.6 Å². The van der Waals surface area contributed by atoms with Crippen molar-refractivity contribution in [3.8, 4) is 0 Å².